The lowest BCUT2D eigenvalue weighted by Gasteiger charge is -2.09. The van der Waals surface area contributed by atoms with Gasteiger partial charge in [0.05, 0.1) is 26.4 Å². The molecule has 0 aromatic rings. The zero-order valence-corrected chi connectivity index (χ0v) is 9.79. The molecule has 0 saturated carbocycles. The van der Waals surface area contributed by atoms with E-state index in [4.69, 9.17) is 20.3 Å². The van der Waals surface area contributed by atoms with Gasteiger partial charge in [0.2, 0.25) is 0 Å². The molecule has 1 unspecified atom stereocenters. The van der Waals surface area contributed by atoms with Gasteiger partial charge in [0.25, 0.3) is 0 Å². The van der Waals surface area contributed by atoms with Crippen LogP contribution < -0.4 is 5.73 Å². The van der Waals surface area contributed by atoms with Gasteiger partial charge in [0, 0.05) is 11.5 Å². The van der Waals surface area contributed by atoms with Gasteiger partial charge in [-0.2, -0.15) is 11.8 Å². The topological polar surface area (TPSA) is 81.8 Å². The van der Waals surface area contributed by atoms with Crippen LogP contribution in [0.5, 0.6) is 0 Å². The maximum absolute atomic E-state index is 11.1. The fourth-order valence-corrected chi connectivity index (χ4v) is 1.60. The third-order valence-corrected chi connectivity index (χ3v) is 2.54. The monoisotopic (exact) mass is 237 g/mol. The molecule has 15 heavy (non-hydrogen) atoms. The second-order valence-corrected chi connectivity index (χ2v) is 3.92. The van der Waals surface area contributed by atoms with Gasteiger partial charge in [-0.05, 0) is 6.92 Å². The van der Waals surface area contributed by atoms with Gasteiger partial charge in [-0.3, -0.25) is 4.79 Å². The Morgan fingerprint density at radius 2 is 2.27 bits per heavy atom. The summed E-state index contributed by atoms with van der Waals surface area (Å²) in [6.45, 7) is 3.05. The number of hydrogen-bond donors (Lipinski definition) is 2. The molecule has 90 valence electrons. The smallest absolute Gasteiger partial charge is 0.323 e. The molecule has 0 aliphatic rings. The Balaban J connectivity index is 3.30. The standard InChI is InChI=1S/C9H19NO4S/c1-2-14-9(12)8(10)7-15-6-5-13-4-3-11/h8,11H,2-7,10H2,1H3. The summed E-state index contributed by atoms with van der Waals surface area (Å²) in [6, 6.07) is -0.562. The van der Waals surface area contributed by atoms with Gasteiger partial charge in [0.15, 0.2) is 0 Å². The summed E-state index contributed by atoms with van der Waals surface area (Å²) in [6.07, 6.45) is 0. The molecule has 5 nitrogen and oxygen atoms in total. The Kier molecular flexibility index (Phi) is 10.0. The first kappa shape index (κ1) is 14.7. The van der Waals surface area contributed by atoms with Crippen LogP contribution in [0.2, 0.25) is 0 Å². The maximum Gasteiger partial charge on any atom is 0.323 e. The first-order valence-corrected chi connectivity index (χ1v) is 6.06. The second kappa shape index (κ2) is 10.2. The van der Waals surface area contributed by atoms with E-state index in [-0.39, 0.29) is 12.6 Å². The van der Waals surface area contributed by atoms with Crippen molar-refractivity contribution in [2.75, 3.05) is 37.9 Å². The summed E-state index contributed by atoms with van der Waals surface area (Å²) in [5, 5.41) is 8.43. The maximum atomic E-state index is 11.1. The van der Waals surface area contributed by atoms with Crippen LogP contribution in [0.3, 0.4) is 0 Å². The molecular formula is C9H19NO4S. The number of thioether (sulfide) groups is 1. The largest absolute Gasteiger partial charge is 0.465 e. The lowest BCUT2D eigenvalue weighted by Crippen LogP contribution is -2.34. The first-order chi connectivity index (χ1) is 7.22. The van der Waals surface area contributed by atoms with Gasteiger partial charge < -0.3 is 20.3 Å². The van der Waals surface area contributed by atoms with Crippen LogP contribution in [-0.2, 0) is 14.3 Å². The summed E-state index contributed by atoms with van der Waals surface area (Å²) in [7, 11) is 0. The van der Waals surface area contributed by atoms with E-state index in [1.165, 1.54) is 11.8 Å². The quantitative estimate of drug-likeness (QED) is 0.420. The molecule has 3 N–H and O–H groups in total. The van der Waals surface area contributed by atoms with Gasteiger partial charge in [-0.25, -0.2) is 0 Å². The average Bonchev–Trinajstić information content (AvgIpc) is 2.23. The van der Waals surface area contributed by atoms with Gasteiger partial charge in [-0.15, -0.1) is 0 Å². The highest BCUT2D eigenvalue weighted by atomic mass is 32.2. The lowest BCUT2D eigenvalue weighted by atomic mass is 10.4. The van der Waals surface area contributed by atoms with Crippen LogP contribution in [-0.4, -0.2) is 55.1 Å². The number of aliphatic hydroxyl groups is 1. The lowest BCUT2D eigenvalue weighted by molar-refractivity contribution is -0.144. The molecule has 0 radical (unpaired) electrons. The summed E-state index contributed by atoms with van der Waals surface area (Å²) >= 11 is 1.53. The molecule has 0 rings (SSSR count). The molecule has 6 heteroatoms. The number of esters is 1. The SMILES string of the molecule is CCOC(=O)C(N)CSCCOCCO. The molecule has 0 bridgehead atoms. The van der Waals surface area contributed by atoms with Gasteiger partial charge in [0.1, 0.15) is 6.04 Å². The van der Waals surface area contributed by atoms with Crippen molar-refractivity contribution in [3.63, 3.8) is 0 Å². The van der Waals surface area contributed by atoms with E-state index >= 15 is 0 Å². The second-order valence-electron chi connectivity index (χ2n) is 2.77. The molecule has 0 aliphatic carbocycles. The predicted octanol–water partition coefficient (Wildman–Crippen LogP) is -0.381. The van der Waals surface area contributed by atoms with E-state index in [9.17, 15) is 4.79 Å². The summed E-state index contributed by atoms with van der Waals surface area (Å²) in [4.78, 5) is 11.1. The minimum Gasteiger partial charge on any atom is -0.465 e. The van der Waals surface area contributed by atoms with Crippen molar-refractivity contribution < 1.29 is 19.4 Å². The van der Waals surface area contributed by atoms with Crippen LogP contribution >= 0.6 is 11.8 Å². The summed E-state index contributed by atoms with van der Waals surface area (Å²) in [5.74, 6) is 0.926. The van der Waals surface area contributed by atoms with Crippen molar-refractivity contribution in [1.29, 1.82) is 0 Å². The normalized spacial score (nSPS) is 12.5. The third-order valence-electron chi connectivity index (χ3n) is 1.49. The minimum absolute atomic E-state index is 0.0347. The van der Waals surface area contributed by atoms with Crippen molar-refractivity contribution in [1.82, 2.24) is 0 Å². The van der Waals surface area contributed by atoms with Crippen molar-refractivity contribution in [3.05, 3.63) is 0 Å². The fraction of sp³-hybridized carbons (Fsp3) is 0.889. The number of hydrogen-bond acceptors (Lipinski definition) is 6. The Morgan fingerprint density at radius 1 is 1.53 bits per heavy atom. The molecule has 1 atom stereocenters. The van der Waals surface area contributed by atoms with Crippen molar-refractivity contribution in [2.24, 2.45) is 5.73 Å². The Morgan fingerprint density at radius 3 is 2.87 bits per heavy atom. The molecule has 0 saturated heterocycles. The van der Waals surface area contributed by atoms with E-state index < -0.39 is 6.04 Å². The molecule has 0 fully saturated rings. The number of ether oxygens (including phenoxy) is 2. The highest BCUT2D eigenvalue weighted by Crippen LogP contribution is 2.02. The van der Waals surface area contributed by atoms with Crippen molar-refractivity contribution in [3.8, 4) is 0 Å². The van der Waals surface area contributed by atoms with E-state index in [0.29, 0.717) is 25.6 Å². The highest BCUT2D eigenvalue weighted by molar-refractivity contribution is 7.99. The van der Waals surface area contributed by atoms with Crippen LogP contribution in [0, 0.1) is 0 Å². The zero-order chi connectivity index (χ0) is 11.5. The number of carbonyl (C=O) groups is 1. The number of carbonyl (C=O) groups excluding carboxylic acids is 1. The highest BCUT2D eigenvalue weighted by Gasteiger charge is 2.13. The zero-order valence-electron chi connectivity index (χ0n) is 8.98. The Bertz CT molecular complexity index is 168. The predicted molar refractivity (Wildman–Crippen MR) is 59.8 cm³/mol. The average molecular weight is 237 g/mol. The Labute approximate surface area is 94.3 Å². The molecule has 0 aliphatic heterocycles. The van der Waals surface area contributed by atoms with Crippen LogP contribution in [0.4, 0.5) is 0 Å². The molecule has 0 aromatic heterocycles. The molecule has 0 aromatic carbocycles. The molecule has 0 amide bonds. The number of aliphatic hydroxyl groups excluding tert-OH is 1. The fourth-order valence-electron chi connectivity index (χ4n) is 0.812. The first-order valence-electron chi connectivity index (χ1n) is 4.91. The van der Waals surface area contributed by atoms with E-state index in [0.717, 1.165) is 5.75 Å². The van der Waals surface area contributed by atoms with Gasteiger partial charge in [-0.1, -0.05) is 0 Å². The van der Waals surface area contributed by atoms with Crippen LogP contribution in [0.15, 0.2) is 0 Å². The minimum atomic E-state index is -0.562. The molecule has 0 spiro atoms. The van der Waals surface area contributed by atoms with Crippen LogP contribution in [0.1, 0.15) is 6.92 Å². The van der Waals surface area contributed by atoms with Crippen molar-refractivity contribution >= 4 is 17.7 Å². The summed E-state index contributed by atoms with van der Waals surface area (Å²) < 4.78 is 9.80. The molecule has 0 heterocycles. The van der Waals surface area contributed by atoms with E-state index in [2.05, 4.69) is 0 Å². The van der Waals surface area contributed by atoms with E-state index in [1.807, 2.05) is 0 Å². The van der Waals surface area contributed by atoms with E-state index in [1.54, 1.807) is 6.92 Å². The number of rotatable bonds is 9. The van der Waals surface area contributed by atoms with Crippen LogP contribution in [0.25, 0.3) is 0 Å². The summed E-state index contributed by atoms with van der Waals surface area (Å²) in [5.41, 5.74) is 5.57. The number of nitrogens with two attached hydrogens (primary N) is 1. The molecular weight excluding hydrogens is 218 g/mol. The van der Waals surface area contributed by atoms with Crippen molar-refractivity contribution in [2.45, 2.75) is 13.0 Å². The Hall–Kier alpha value is -0.300. The van der Waals surface area contributed by atoms with Gasteiger partial charge >= 0.3 is 5.97 Å². The third kappa shape index (κ3) is 8.68.